The van der Waals surface area contributed by atoms with E-state index in [1.165, 1.54) is 6.08 Å². The van der Waals surface area contributed by atoms with Crippen LogP contribution in [0.3, 0.4) is 0 Å². The summed E-state index contributed by atoms with van der Waals surface area (Å²) >= 11 is 1.57. The molecule has 0 atom stereocenters. The van der Waals surface area contributed by atoms with Crippen LogP contribution in [0.5, 0.6) is 11.5 Å². The van der Waals surface area contributed by atoms with Gasteiger partial charge in [0.25, 0.3) is 0 Å². The molecule has 1 aromatic carbocycles. The molecule has 0 fully saturated rings. The summed E-state index contributed by atoms with van der Waals surface area (Å²) in [6, 6.07) is 5.48. The van der Waals surface area contributed by atoms with Gasteiger partial charge in [0.05, 0.1) is 25.8 Å². The second-order valence-electron chi connectivity index (χ2n) is 4.51. The Morgan fingerprint density at radius 2 is 2.09 bits per heavy atom. The fourth-order valence-electron chi connectivity index (χ4n) is 1.85. The molecule has 0 saturated heterocycles. The number of aromatic nitrogens is 1. The van der Waals surface area contributed by atoms with E-state index >= 15 is 0 Å². The summed E-state index contributed by atoms with van der Waals surface area (Å²) in [5, 5.41) is 3.81. The maximum absolute atomic E-state index is 11.8. The van der Waals surface area contributed by atoms with Crippen molar-refractivity contribution in [2.45, 2.75) is 13.5 Å². The van der Waals surface area contributed by atoms with Crippen molar-refractivity contribution in [2.24, 2.45) is 0 Å². The number of benzene rings is 1. The number of thiazole rings is 1. The molecule has 1 heterocycles. The van der Waals surface area contributed by atoms with E-state index in [2.05, 4.69) is 10.3 Å². The molecule has 1 aromatic heterocycles. The van der Waals surface area contributed by atoms with E-state index in [1.54, 1.807) is 43.9 Å². The molecule has 0 aliphatic heterocycles. The Kier molecular flexibility index (Phi) is 5.55. The van der Waals surface area contributed by atoms with Crippen LogP contribution in [0.2, 0.25) is 0 Å². The molecule has 0 spiro atoms. The molecule has 1 amide bonds. The van der Waals surface area contributed by atoms with Crippen molar-refractivity contribution in [1.29, 1.82) is 0 Å². The van der Waals surface area contributed by atoms with Crippen LogP contribution in [0.1, 0.15) is 15.4 Å². The normalized spacial score (nSPS) is 10.7. The molecule has 0 saturated carbocycles. The third-order valence-corrected chi connectivity index (χ3v) is 3.85. The first-order chi connectivity index (χ1) is 10.6. The number of rotatable bonds is 6. The highest BCUT2D eigenvalue weighted by Crippen LogP contribution is 2.27. The lowest BCUT2D eigenvalue weighted by atomic mass is 10.2. The molecule has 6 heteroatoms. The Balaban J connectivity index is 1.94. The highest BCUT2D eigenvalue weighted by atomic mass is 32.1. The predicted octanol–water partition coefficient (Wildman–Crippen LogP) is 2.80. The topological polar surface area (TPSA) is 60.5 Å². The van der Waals surface area contributed by atoms with Gasteiger partial charge in [0.2, 0.25) is 5.91 Å². The van der Waals surface area contributed by atoms with Crippen molar-refractivity contribution in [2.75, 3.05) is 14.2 Å². The van der Waals surface area contributed by atoms with Crippen LogP contribution in [0.25, 0.3) is 6.08 Å². The number of carbonyl (C=O) groups is 1. The van der Waals surface area contributed by atoms with E-state index in [0.29, 0.717) is 18.0 Å². The first-order valence-corrected chi connectivity index (χ1v) is 7.53. The van der Waals surface area contributed by atoms with Gasteiger partial charge in [-0.05, 0) is 30.7 Å². The maximum Gasteiger partial charge on any atom is 0.244 e. The summed E-state index contributed by atoms with van der Waals surface area (Å²) in [7, 11) is 3.16. The number of carbonyl (C=O) groups excluding carboxylic acids is 1. The molecule has 0 radical (unpaired) electrons. The largest absolute Gasteiger partial charge is 0.493 e. The van der Waals surface area contributed by atoms with Gasteiger partial charge in [-0.2, -0.15) is 0 Å². The molecule has 0 unspecified atom stereocenters. The number of hydrogen-bond donors (Lipinski definition) is 1. The van der Waals surface area contributed by atoms with E-state index in [1.807, 2.05) is 19.1 Å². The number of nitrogens with zero attached hydrogens (tertiary/aromatic N) is 1. The molecule has 2 rings (SSSR count). The van der Waals surface area contributed by atoms with E-state index in [4.69, 9.17) is 9.47 Å². The molecule has 22 heavy (non-hydrogen) atoms. The van der Waals surface area contributed by atoms with Gasteiger partial charge in [-0.1, -0.05) is 6.07 Å². The van der Waals surface area contributed by atoms with Crippen molar-refractivity contribution >= 4 is 23.3 Å². The van der Waals surface area contributed by atoms with E-state index in [0.717, 1.165) is 15.4 Å². The Labute approximate surface area is 133 Å². The lowest BCUT2D eigenvalue weighted by Gasteiger charge is -2.07. The van der Waals surface area contributed by atoms with Crippen LogP contribution < -0.4 is 14.8 Å². The highest BCUT2D eigenvalue weighted by Gasteiger charge is 2.04. The zero-order valence-electron chi connectivity index (χ0n) is 12.8. The molecule has 1 N–H and O–H groups in total. The molecular formula is C16H18N2O3S. The van der Waals surface area contributed by atoms with Crippen LogP contribution in [0.15, 0.2) is 30.5 Å². The van der Waals surface area contributed by atoms with Crippen molar-refractivity contribution in [3.05, 3.63) is 45.9 Å². The van der Waals surface area contributed by atoms with Crippen LogP contribution in [0, 0.1) is 6.92 Å². The number of amides is 1. The minimum absolute atomic E-state index is 0.152. The number of ether oxygens (including phenoxy) is 2. The smallest absolute Gasteiger partial charge is 0.244 e. The third kappa shape index (κ3) is 4.33. The minimum atomic E-state index is -0.152. The second kappa shape index (κ2) is 7.61. The van der Waals surface area contributed by atoms with Gasteiger partial charge < -0.3 is 14.8 Å². The van der Waals surface area contributed by atoms with Gasteiger partial charge >= 0.3 is 0 Å². The third-order valence-electron chi connectivity index (χ3n) is 2.94. The summed E-state index contributed by atoms with van der Waals surface area (Å²) in [6.07, 6.45) is 5.00. The van der Waals surface area contributed by atoms with E-state index < -0.39 is 0 Å². The standard InChI is InChI=1S/C16H18N2O3S/c1-11-17-9-13(22-11)10-18-16(19)7-5-12-4-6-14(20-2)15(8-12)21-3/h4-9H,10H2,1-3H3,(H,18,19). The lowest BCUT2D eigenvalue weighted by Crippen LogP contribution is -2.19. The lowest BCUT2D eigenvalue weighted by molar-refractivity contribution is -0.116. The van der Waals surface area contributed by atoms with Crippen molar-refractivity contribution < 1.29 is 14.3 Å². The SMILES string of the molecule is COc1ccc(C=CC(=O)NCc2cnc(C)s2)cc1OC. The fraction of sp³-hybridized carbons (Fsp3) is 0.250. The zero-order valence-corrected chi connectivity index (χ0v) is 13.6. The molecule has 0 bridgehead atoms. The van der Waals surface area contributed by atoms with Crippen molar-refractivity contribution in [3.8, 4) is 11.5 Å². The highest BCUT2D eigenvalue weighted by molar-refractivity contribution is 7.11. The summed E-state index contributed by atoms with van der Waals surface area (Å²) < 4.78 is 10.4. The molecule has 0 aliphatic carbocycles. The van der Waals surface area contributed by atoms with E-state index in [9.17, 15) is 4.79 Å². The van der Waals surface area contributed by atoms with Crippen LogP contribution in [0.4, 0.5) is 0 Å². The summed E-state index contributed by atoms with van der Waals surface area (Å²) in [5.41, 5.74) is 0.862. The summed E-state index contributed by atoms with van der Waals surface area (Å²) in [4.78, 5) is 17.0. The van der Waals surface area contributed by atoms with Crippen LogP contribution >= 0.6 is 11.3 Å². The first kappa shape index (κ1) is 16.0. The van der Waals surface area contributed by atoms with Crippen LogP contribution in [-0.4, -0.2) is 25.1 Å². The van der Waals surface area contributed by atoms with Gasteiger partial charge in [0.15, 0.2) is 11.5 Å². The average molecular weight is 318 g/mol. The number of nitrogens with one attached hydrogen (secondary N) is 1. The minimum Gasteiger partial charge on any atom is -0.493 e. The Bertz CT molecular complexity index is 680. The molecule has 0 aliphatic rings. The monoisotopic (exact) mass is 318 g/mol. The summed E-state index contributed by atoms with van der Waals surface area (Å²) in [5.74, 6) is 1.13. The molecule has 5 nitrogen and oxygen atoms in total. The van der Waals surface area contributed by atoms with Gasteiger partial charge in [0, 0.05) is 17.2 Å². The summed E-state index contributed by atoms with van der Waals surface area (Å²) in [6.45, 7) is 2.42. The fourth-order valence-corrected chi connectivity index (χ4v) is 2.58. The van der Waals surface area contributed by atoms with Gasteiger partial charge in [-0.25, -0.2) is 4.98 Å². The Morgan fingerprint density at radius 3 is 2.73 bits per heavy atom. The Hall–Kier alpha value is -2.34. The molecule has 116 valence electrons. The van der Waals surface area contributed by atoms with E-state index in [-0.39, 0.29) is 5.91 Å². The van der Waals surface area contributed by atoms with Gasteiger partial charge in [-0.15, -0.1) is 11.3 Å². The van der Waals surface area contributed by atoms with Crippen molar-refractivity contribution in [1.82, 2.24) is 10.3 Å². The Morgan fingerprint density at radius 1 is 1.32 bits per heavy atom. The van der Waals surface area contributed by atoms with Gasteiger partial charge in [-0.3, -0.25) is 4.79 Å². The van der Waals surface area contributed by atoms with Gasteiger partial charge in [0.1, 0.15) is 0 Å². The first-order valence-electron chi connectivity index (χ1n) is 6.71. The predicted molar refractivity (Wildman–Crippen MR) is 87.3 cm³/mol. The molecule has 2 aromatic rings. The average Bonchev–Trinajstić information content (AvgIpc) is 2.96. The zero-order chi connectivity index (χ0) is 15.9. The van der Waals surface area contributed by atoms with Crippen LogP contribution in [-0.2, 0) is 11.3 Å². The number of hydrogen-bond acceptors (Lipinski definition) is 5. The second-order valence-corrected chi connectivity index (χ2v) is 5.83. The number of methoxy groups -OCH3 is 2. The quantitative estimate of drug-likeness (QED) is 0.832. The maximum atomic E-state index is 11.8. The molecular weight excluding hydrogens is 300 g/mol. The number of aryl methyl sites for hydroxylation is 1. The van der Waals surface area contributed by atoms with Crippen molar-refractivity contribution in [3.63, 3.8) is 0 Å².